The minimum absolute atomic E-state index is 0. The molecular weight excluding hydrogens is 436 g/mol. The Bertz CT molecular complexity index is 1400. The third-order valence-corrected chi connectivity index (χ3v) is 6.26. The number of benzene rings is 2. The second-order valence-electron chi connectivity index (χ2n) is 8.31. The van der Waals surface area contributed by atoms with Gasteiger partial charge in [-0.3, -0.25) is 14.9 Å². The number of nitrogens with one attached hydrogen (secondary N) is 1. The molecule has 0 fully saturated rings. The number of aromatic nitrogens is 2. The summed E-state index contributed by atoms with van der Waals surface area (Å²) in [6.45, 7) is 1.54. The Balaban J connectivity index is 0.00000259. The summed E-state index contributed by atoms with van der Waals surface area (Å²) in [7, 11) is 1.95. The zero-order chi connectivity index (χ0) is 22.2. The fourth-order valence-corrected chi connectivity index (χ4v) is 4.74. The molecule has 3 N–H and O–H groups in total. The van der Waals surface area contributed by atoms with Gasteiger partial charge in [-0.15, -0.1) is 0 Å². The second-order valence-corrected chi connectivity index (χ2v) is 8.31. The number of aryl methyl sites for hydroxylation is 2. The predicted molar refractivity (Wildman–Crippen MR) is 128 cm³/mol. The van der Waals surface area contributed by atoms with Crippen molar-refractivity contribution in [3.63, 3.8) is 0 Å². The van der Waals surface area contributed by atoms with Gasteiger partial charge in [-0.25, -0.2) is 0 Å². The number of carbonyl (C=O) groups is 2. The Morgan fingerprint density at radius 1 is 0.788 bits per heavy atom. The fraction of sp³-hybridized carbons (Fsp3) is 0.231. The van der Waals surface area contributed by atoms with E-state index >= 15 is 0 Å². The van der Waals surface area contributed by atoms with Gasteiger partial charge in [0.15, 0.2) is 0 Å². The molecule has 33 heavy (non-hydrogen) atoms. The first kappa shape index (κ1) is 22.8. The molecule has 0 saturated heterocycles. The first-order valence-electron chi connectivity index (χ1n) is 11.0. The zero-order valence-corrected chi connectivity index (χ0v) is 19.2. The molecule has 1 aliphatic heterocycles. The number of imide groups is 1. The van der Waals surface area contributed by atoms with Gasteiger partial charge in [0.1, 0.15) is 0 Å². The fourth-order valence-electron chi connectivity index (χ4n) is 4.74. The van der Waals surface area contributed by atoms with Crippen LogP contribution in [0.3, 0.4) is 0 Å². The van der Waals surface area contributed by atoms with Crippen molar-refractivity contribution in [1.82, 2.24) is 14.5 Å². The maximum atomic E-state index is 13.0. The molecule has 0 spiro atoms. The Morgan fingerprint density at radius 3 is 2.03 bits per heavy atom. The number of hydrogen-bond donors (Lipinski definition) is 2. The lowest BCUT2D eigenvalue weighted by molar-refractivity contribution is -0.122. The SMILES string of the molecule is Cn1cc(C2=C(c3cn(CCCCCN)c4ccccc34)C(=O)NC2=O)c2ccccc21.[Cl-]. The highest BCUT2D eigenvalue weighted by atomic mass is 35.5. The lowest BCUT2D eigenvalue weighted by Crippen LogP contribution is -3.00. The van der Waals surface area contributed by atoms with Gasteiger partial charge < -0.3 is 27.3 Å². The Labute approximate surface area is 198 Å². The molecule has 170 valence electrons. The second kappa shape index (κ2) is 9.25. The van der Waals surface area contributed by atoms with E-state index in [9.17, 15) is 9.59 Å². The lowest BCUT2D eigenvalue weighted by Gasteiger charge is -2.04. The van der Waals surface area contributed by atoms with Gasteiger partial charge in [-0.2, -0.15) is 0 Å². The number of hydrogen-bond acceptors (Lipinski definition) is 3. The van der Waals surface area contributed by atoms with Crippen LogP contribution in [0, 0.1) is 0 Å². The number of unbranched alkanes of at least 4 members (excludes halogenated alkanes) is 2. The van der Waals surface area contributed by atoms with Gasteiger partial charge in [-0.1, -0.05) is 42.8 Å². The number of para-hydroxylation sites is 2. The zero-order valence-electron chi connectivity index (χ0n) is 18.5. The number of fused-ring (bicyclic) bond motifs is 2. The van der Waals surface area contributed by atoms with Gasteiger partial charge in [-0.05, 0) is 31.5 Å². The van der Waals surface area contributed by atoms with Crippen molar-refractivity contribution in [2.75, 3.05) is 6.54 Å². The summed E-state index contributed by atoms with van der Waals surface area (Å²) >= 11 is 0. The normalized spacial score (nSPS) is 13.8. The summed E-state index contributed by atoms with van der Waals surface area (Å²) in [6, 6.07) is 16.0. The van der Waals surface area contributed by atoms with E-state index in [-0.39, 0.29) is 24.2 Å². The van der Waals surface area contributed by atoms with Crippen molar-refractivity contribution in [3.05, 3.63) is 72.1 Å². The van der Waals surface area contributed by atoms with Crippen molar-refractivity contribution in [2.24, 2.45) is 12.8 Å². The summed E-state index contributed by atoms with van der Waals surface area (Å²) in [6.07, 6.45) is 7.02. The van der Waals surface area contributed by atoms with Crippen molar-refractivity contribution in [2.45, 2.75) is 25.8 Å². The standard InChI is InChI=1S/C26H26N4O2.ClH/c1-29-15-19(17-9-3-5-11-21(17)29)23-24(26(32)28-25(23)31)20-16-30(14-8-2-7-13-27)22-12-6-4-10-18(20)22;/h3-6,9-12,15-16H,2,7-8,13-14,27H2,1H3,(H,28,31,32);1H/p-1. The molecule has 0 saturated carbocycles. The molecule has 2 aromatic carbocycles. The highest BCUT2D eigenvalue weighted by Gasteiger charge is 2.35. The van der Waals surface area contributed by atoms with Crippen LogP contribution in [0.25, 0.3) is 33.0 Å². The van der Waals surface area contributed by atoms with Crippen molar-refractivity contribution >= 4 is 44.8 Å². The Morgan fingerprint density at radius 2 is 1.36 bits per heavy atom. The van der Waals surface area contributed by atoms with Gasteiger partial charge in [0.25, 0.3) is 11.8 Å². The summed E-state index contributed by atoms with van der Waals surface area (Å²) in [4.78, 5) is 26.0. The van der Waals surface area contributed by atoms with Crippen LogP contribution in [0.4, 0.5) is 0 Å². The lowest BCUT2D eigenvalue weighted by atomic mass is 9.95. The van der Waals surface area contributed by atoms with E-state index in [4.69, 9.17) is 5.73 Å². The van der Waals surface area contributed by atoms with E-state index < -0.39 is 0 Å². The first-order chi connectivity index (χ1) is 15.6. The number of rotatable bonds is 7. The van der Waals surface area contributed by atoms with Gasteiger partial charge in [0.05, 0.1) is 11.1 Å². The molecule has 3 heterocycles. The van der Waals surface area contributed by atoms with Crippen LogP contribution < -0.4 is 23.5 Å². The van der Waals surface area contributed by atoms with Crippen LogP contribution in [0.15, 0.2) is 60.9 Å². The molecule has 6 nitrogen and oxygen atoms in total. The summed E-state index contributed by atoms with van der Waals surface area (Å²) in [5.41, 5.74) is 10.2. The van der Waals surface area contributed by atoms with Crippen LogP contribution in [0.1, 0.15) is 30.4 Å². The Kier molecular flexibility index (Phi) is 6.40. The van der Waals surface area contributed by atoms with E-state index in [0.29, 0.717) is 17.7 Å². The van der Waals surface area contributed by atoms with Gasteiger partial charge in [0, 0.05) is 58.9 Å². The number of carbonyl (C=O) groups excluding carboxylic acids is 2. The van der Waals surface area contributed by atoms with Gasteiger partial charge >= 0.3 is 0 Å². The highest BCUT2D eigenvalue weighted by molar-refractivity contribution is 6.50. The molecule has 0 atom stereocenters. The van der Waals surface area contributed by atoms with E-state index in [1.54, 1.807) is 0 Å². The average molecular weight is 462 g/mol. The molecule has 4 aromatic rings. The predicted octanol–water partition coefficient (Wildman–Crippen LogP) is 0.833. The first-order valence-corrected chi connectivity index (χ1v) is 11.0. The minimum Gasteiger partial charge on any atom is -1.00 e. The third kappa shape index (κ3) is 3.86. The average Bonchev–Trinajstić information content (AvgIpc) is 3.42. The molecule has 2 amide bonds. The molecule has 0 aliphatic carbocycles. The number of amides is 2. The minimum atomic E-state index is -0.346. The molecule has 0 unspecified atom stereocenters. The molecular formula is C26H26ClN4O2-. The van der Waals surface area contributed by atoms with Crippen molar-refractivity contribution in [1.29, 1.82) is 0 Å². The molecule has 7 heteroatoms. The Hall–Kier alpha value is -3.35. The molecule has 0 bridgehead atoms. The number of nitrogens with zero attached hydrogens (tertiary/aromatic N) is 2. The van der Waals surface area contributed by atoms with Crippen LogP contribution in [-0.4, -0.2) is 27.5 Å². The van der Waals surface area contributed by atoms with Crippen LogP contribution >= 0.6 is 0 Å². The van der Waals surface area contributed by atoms with Crippen molar-refractivity contribution in [3.8, 4) is 0 Å². The van der Waals surface area contributed by atoms with Gasteiger partial charge in [0.2, 0.25) is 0 Å². The summed E-state index contributed by atoms with van der Waals surface area (Å²) < 4.78 is 4.18. The molecule has 1 aliphatic rings. The smallest absolute Gasteiger partial charge is 0.259 e. The van der Waals surface area contributed by atoms with E-state index in [1.807, 2.05) is 66.5 Å². The number of halogens is 1. The maximum absolute atomic E-state index is 13.0. The van der Waals surface area contributed by atoms with E-state index in [2.05, 4.69) is 16.0 Å². The highest BCUT2D eigenvalue weighted by Crippen LogP contribution is 2.38. The van der Waals surface area contributed by atoms with Crippen LogP contribution in [-0.2, 0) is 23.2 Å². The molecule has 0 radical (unpaired) electrons. The summed E-state index contributed by atoms with van der Waals surface area (Å²) in [5.74, 6) is -0.690. The van der Waals surface area contributed by atoms with Crippen LogP contribution in [0.5, 0.6) is 0 Å². The topological polar surface area (TPSA) is 82.0 Å². The van der Waals surface area contributed by atoms with Crippen molar-refractivity contribution < 1.29 is 22.0 Å². The quantitative estimate of drug-likeness (QED) is 0.316. The largest absolute Gasteiger partial charge is 1.00 e. The van der Waals surface area contributed by atoms with E-state index in [1.165, 1.54) is 0 Å². The van der Waals surface area contributed by atoms with E-state index in [0.717, 1.165) is 58.7 Å². The van der Waals surface area contributed by atoms with Crippen LogP contribution in [0.2, 0.25) is 0 Å². The number of nitrogens with two attached hydrogens (primary N) is 1. The third-order valence-electron chi connectivity index (χ3n) is 6.26. The molecule has 5 rings (SSSR count). The maximum Gasteiger partial charge on any atom is 0.259 e. The monoisotopic (exact) mass is 461 g/mol. The molecule has 2 aromatic heterocycles. The summed E-state index contributed by atoms with van der Waals surface area (Å²) in [5, 5.41) is 4.47.